The van der Waals surface area contributed by atoms with Crippen molar-refractivity contribution >= 4 is 11.8 Å². The van der Waals surface area contributed by atoms with Crippen molar-refractivity contribution in [3.8, 4) is 5.69 Å². The summed E-state index contributed by atoms with van der Waals surface area (Å²) in [5, 5.41) is 10.9. The second kappa shape index (κ2) is 6.73. The third-order valence-electron chi connectivity index (χ3n) is 7.03. The normalized spacial score (nSPS) is 32.2. The van der Waals surface area contributed by atoms with E-state index in [1.165, 1.54) is 6.42 Å². The van der Waals surface area contributed by atoms with Gasteiger partial charge in [0.05, 0.1) is 16.9 Å². The Balaban J connectivity index is 1.24. The van der Waals surface area contributed by atoms with Gasteiger partial charge in [0, 0.05) is 18.8 Å². The van der Waals surface area contributed by atoms with Crippen LogP contribution in [0.5, 0.6) is 0 Å². The van der Waals surface area contributed by atoms with Crippen LogP contribution in [0.15, 0.2) is 48.8 Å². The third kappa shape index (κ3) is 3.46. The van der Waals surface area contributed by atoms with Crippen LogP contribution in [0.3, 0.4) is 0 Å². The quantitative estimate of drug-likeness (QED) is 0.699. The topological polar surface area (TPSA) is 83.4 Å². The van der Waals surface area contributed by atoms with Crippen LogP contribution in [0.2, 0.25) is 0 Å². The standard InChI is InChI=1S/C23H27N3O3/c27-20(14-22-10-16-9-17(11-22)13-23(29,12-16)15-22)24-25-21(28)18-5-1-2-6-19(18)26-7-3-4-8-26/h1-8,16-17,29H,9-15H2,(H,24,27)(H,25,28)/t16-,17+,22?,23?. The van der Waals surface area contributed by atoms with Crippen molar-refractivity contribution in [2.24, 2.45) is 17.3 Å². The van der Waals surface area contributed by atoms with Gasteiger partial charge in [-0.15, -0.1) is 0 Å². The molecule has 0 aliphatic heterocycles. The number of amides is 2. The van der Waals surface area contributed by atoms with Crippen LogP contribution >= 0.6 is 0 Å². The van der Waals surface area contributed by atoms with Crippen LogP contribution in [-0.4, -0.2) is 27.1 Å². The molecule has 4 aliphatic rings. The number of hydrazine groups is 1. The molecule has 4 saturated carbocycles. The molecule has 1 aromatic carbocycles. The molecule has 1 heterocycles. The predicted molar refractivity (Wildman–Crippen MR) is 108 cm³/mol. The lowest BCUT2D eigenvalue weighted by atomic mass is 9.47. The molecular formula is C23H27N3O3. The summed E-state index contributed by atoms with van der Waals surface area (Å²) in [6.45, 7) is 0. The Morgan fingerprint density at radius 2 is 1.69 bits per heavy atom. The van der Waals surface area contributed by atoms with E-state index in [0.29, 0.717) is 30.2 Å². The van der Waals surface area contributed by atoms with Gasteiger partial charge in [-0.25, -0.2) is 0 Å². The lowest BCUT2D eigenvalue weighted by Gasteiger charge is -2.60. The zero-order valence-corrected chi connectivity index (χ0v) is 16.4. The molecule has 4 bridgehead atoms. The van der Waals surface area contributed by atoms with Gasteiger partial charge in [0.15, 0.2) is 0 Å². The first kappa shape index (κ1) is 18.4. The molecule has 152 valence electrons. The van der Waals surface area contributed by atoms with E-state index in [9.17, 15) is 14.7 Å². The Labute approximate surface area is 170 Å². The third-order valence-corrected chi connectivity index (χ3v) is 7.03. The van der Waals surface area contributed by atoms with E-state index >= 15 is 0 Å². The molecule has 0 spiro atoms. The number of hydrogen-bond donors (Lipinski definition) is 3. The van der Waals surface area contributed by atoms with Gasteiger partial charge in [0.25, 0.3) is 5.91 Å². The fourth-order valence-corrected chi connectivity index (χ4v) is 6.57. The number of carbonyl (C=O) groups is 2. The molecule has 29 heavy (non-hydrogen) atoms. The number of para-hydroxylation sites is 1. The zero-order chi connectivity index (χ0) is 20.1. The highest BCUT2D eigenvalue weighted by molar-refractivity contribution is 5.98. The first-order valence-corrected chi connectivity index (χ1v) is 10.5. The molecular weight excluding hydrogens is 366 g/mol. The van der Waals surface area contributed by atoms with Crippen LogP contribution in [0.4, 0.5) is 0 Å². The average Bonchev–Trinajstić information content (AvgIpc) is 3.18. The predicted octanol–water partition coefficient (Wildman–Crippen LogP) is 2.96. The van der Waals surface area contributed by atoms with Crippen molar-refractivity contribution in [2.45, 2.75) is 50.5 Å². The summed E-state index contributed by atoms with van der Waals surface area (Å²) >= 11 is 0. The number of benzene rings is 1. The van der Waals surface area contributed by atoms with Crippen molar-refractivity contribution in [1.29, 1.82) is 0 Å². The maximum Gasteiger partial charge on any atom is 0.271 e. The summed E-state index contributed by atoms with van der Waals surface area (Å²) < 4.78 is 1.87. The maximum absolute atomic E-state index is 12.7. The maximum atomic E-state index is 12.7. The highest BCUT2D eigenvalue weighted by Crippen LogP contribution is 2.62. The number of aliphatic hydroxyl groups is 1. The number of nitrogens with one attached hydrogen (secondary N) is 2. The van der Waals surface area contributed by atoms with Crippen LogP contribution in [0.25, 0.3) is 5.69 Å². The highest BCUT2D eigenvalue weighted by Gasteiger charge is 2.57. The van der Waals surface area contributed by atoms with Crippen molar-refractivity contribution in [2.75, 3.05) is 0 Å². The van der Waals surface area contributed by atoms with E-state index in [2.05, 4.69) is 10.9 Å². The average molecular weight is 393 g/mol. The number of hydrogen-bond acceptors (Lipinski definition) is 3. The van der Waals surface area contributed by atoms with Crippen molar-refractivity contribution in [3.05, 3.63) is 54.4 Å². The second-order valence-corrected chi connectivity index (χ2v) is 9.47. The molecule has 4 fully saturated rings. The molecule has 6 nitrogen and oxygen atoms in total. The van der Waals surface area contributed by atoms with Gasteiger partial charge in [0.2, 0.25) is 5.91 Å². The molecule has 1 aromatic heterocycles. The van der Waals surface area contributed by atoms with Gasteiger partial charge in [-0.05, 0) is 80.0 Å². The minimum absolute atomic E-state index is 0.114. The molecule has 4 aliphatic carbocycles. The Morgan fingerprint density at radius 1 is 1.00 bits per heavy atom. The number of carbonyl (C=O) groups excluding carboxylic acids is 2. The Morgan fingerprint density at radius 3 is 2.38 bits per heavy atom. The van der Waals surface area contributed by atoms with Gasteiger partial charge in [0.1, 0.15) is 0 Å². The molecule has 6 rings (SSSR count). The van der Waals surface area contributed by atoms with Crippen LogP contribution in [0.1, 0.15) is 55.3 Å². The van der Waals surface area contributed by atoms with E-state index in [1.54, 1.807) is 12.1 Å². The smallest absolute Gasteiger partial charge is 0.271 e. The lowest BCUT2D eigenvalue weighted by Crippen LogP contribution is -2.57. The van der Waals surface area contributed by atoms with E-state index in [-0.39, 0.29) is 17.2 Å². The van der Waals surface area contributed by atoms with E-state index in [0.717, 1.165) is 31.4 Å². The fraction of sp³-hybridized carbons (Fsp3) is 0.478. The zero-order valence-electron chi connectivity index (χ0n) is 16.4. The first-order valence-electron chi connectivity index (χ1n) is 10.5. The molecule has 6 heteroatoms. The van der Waals surface area contributed by atoms with Gasteiger partial charge in [-0.3, -0.25) is 20.4 Å². The molecule has 3 N–H and O–H groups in total. The van der Waals surface area contributed by atoms with Crippen molar-refractivity contribution in [1.82, 2.24) is 15.4 Å². The highest BCUT2D eigenvalue weighted by atomic mass is 16.3. The summed E-state index contributed by atoms with van der Waals surface area (Å²) in [5.74, 6) is 0.559. The molecule has 4 atom stereocenters. The van der Waals surface area contributed by atoms with Gasteiger partial charge >= 0.3 is 0 Å². The van der Waals surface area contributed by atoms with Gasteiger partial charge in [-0.1, -0.05) is 12.1 Å². The van der Waals surface area contributed by atoms with Gasteiger partial charge < -0.3 is 9.67 Å². The number of aromatic nitrogens is 1. The Kier molecular flexibility index (Phi) is 4.28. The minimum Gasteiger partial charge on any atom is -0.390 e. The number of nitrogens with zero attached hydrogens (tertiary/aromatic N) is 1. The van der Waals surface area contributed by atoms with E-state index < -0.39 is 5.60 Å². The minimum atomic E-state index is -0.580. The molecule has 0 saturated heterocycles. The van der Waals surface area contributed by atoms with Crippen LogP contribution < -0.4 is 10.9 Å². The number of rotatable bonds is 4. The van der Waals surface area contributed by atoms with Crippen LogP contribution in [0, 0.1) is 17.3 Å². The lowest BCUT2D eigenvalue weighted by molar-refractivity contribution is -0.169. The van der Waals surface area contributed by atoms with E-state index in [4.69, 9.17) is 0 Å². The SMILES string of the molecule is O=C(CC12C[C@@H]3C[C@@H](CC(O)(C3)C1)C2)NNC(=O)c1ccccc1-n1cccc1. The monoisotopic (exact) mass is 393 g/mol. The molecule has 0 radical (unpaired) electrons. The van der Waals surface area contributed by atoms with Crippen molar-refractivity contribution < 1.29 is 14.7 Å². The summed E-state index contributed by atoms with van der Waals surface area (Å²) in [5.41, 5.74) is 5.75. The van der Waals surface area contributed by atoms with E-state index in [1.807, 2.05) is 41.2 Å². The first-order chi connectivity index (χ1) is 13.9. The van der Waals surface area contributed by atoms with Crippen LogP contribution in [-0.2, 0) is 4.79 Å². The van der Waals surface area contributed by atoms with Gasteiger partial charge in [-0.2, -0.15) is 0 Å². The summed E-state index contributed by atoms with van der Waals surface area (Å²) in [7, 11) is 0. The molecule has 2 unspecified atom stereocenters. The fourth-order valence-electron chi connectivity index (χ4n) is 6.57. The summed E-state index contributed by atoms with van der Waals surface area (Å²) in [4.78, 5) is 25.4. The largest absolute Gasteiger partial charge is 0.390 e. The summed E-state index contributed by atoms with van der Waals surface area (Å²) in [6.07, 6.45) is 9.84. The molecule has 2 amide bonds. The van der Waals surface area contributed by atoms with Crippen molar-refractivity contribution in [3.63, 3.8) is 0 Å². The molecule has 2 aromatic rings. The Bertz CT molecular complexity index is 923. The summed E-state index contributed by atoms with van der Waals surface area (Å²) in [6, 6.07) is 11.1. The Hall–Kier alpha value is -2.60. The second-order valence-electron chi connectivity index (χ2n) is 9.47.